The summed E-state index contributed by atoms with van der Waals surface area (Å²) in [6, 6.07) is 0. The van der Waals surface area contributed by atoms with Crippen molar-refractivity contribution < 1.29 is 49.0 Å². The Bertz CT molecular complexity index is 1090. The van der Waals surface area contributed by atoms with Crippen LogP contribution >= 0.6 is 0 Å². The molecule has 1 fully saturated rings. The van der Waals surface area contributed by atoms with Crippen LogP contribution in [0.2, 0.25) is 0 Å². The van der Waals surface area contributed by atoms with E-state index in [1.165, 1.54) is 154 Å². The summed E-state index contributed by atoms with van der Waals surface area (Å²) in [7, 11) is 0. The molecule has 10 nitrogen and oxygen atoms in total. The van der Waals surface area contributed by atoms with Gasteiger partial charge in [-0.1, -0.05) is 200 Å². The summed E-state index contributed by atoms with van der Waals surface area (Å²) in [6.07, 6.45) is 40.0. The van der Waals surface area contributed by atoms with Crippen LogP contribution in [0.5, 0.6) is 0 Å². The standard InChI is InChI=1S/C53H98O10/c1-3-5-7-9-11-13-15-17-19-20-21-22-23-24-25-26-28-30-32-34-36-38-40-42-49(56)62-46(45-61-53-52(59)51(58)50(57)47(43-54)63-53)44-60-48(55)41-39-37-35-33-31-29-27-18-16-14-12-10-8-6-4-2/h16,27,46-47,50-54,57-59H,3-15,17,19-26,28-45H2,1-2H3/t18?,46-,47-,50+,51?,52?,53-/m1/s1. The largest absolute Gasteiger partial charge is 0.462 e. The van der Waals surface area contributed by atoms with Crippen molar-refractivity contribution in [3.8, 4) is 0 Å². The molecule has 1 aliphatic rings. The molecule has 0 aromatic heterocycles. The van der Waals surface area contributed by atoms with Gasteiger partial charge < -0.3 is 39.4 Å². The van der Waals surface area contributed by atoms with Crippen molar-refractivity contribution in [3.05, 3.63) is 17.9 Å². The van der Waals surface area contributed by atoms with Crippen molar-refractivity contribution in [3.63, 3.8) is 0 Å². The number of aliphatic hydroxyl groups is 4. The summed E-state index contributed by atoms with van der Waals surface area (Å²) in [6.45, 7) is 3.43. The molecular formula is C53H98O10. The molecule has 1 aliphatic heterocycles. The lowest BCUT2D eigenvalue weighted by Gasteiger charge is -2.39. The zero-order chi connectivity index (χ0) is 45.9. The molecule has 0 amide bonds. The first kappa shape index (κ1) is 59.2. The second-order valence-corrected chi connectivity index (χ2v) is 18.4. The summed E-state index contributed by atoms with van der Waals surface area (Å²) < 4.78 is 22.2. The lowest BCUT2D eigenvalue weighted by Crippen LogP contribution is -2.59. The highest BCUT2D eigenvalue weighted by Gasteiger charge is 2.44. The van der Waals surface area contributed by atoms with E-state index in [9.17, 15) is 30.0 Å². The first-order chi connectivity index (χ1) is 30.8. The van der Waals surface area contributed by atoms with Crippen molar-refractivity contribution in [2.75, 3.05) is 19.8 Å². The average Bonchev–Trinajstić information content (AvgIpc) is 3.28. The Morgan fingerprint density at radius 1 is 0.508 bits per heavy atom. The Balaban J connectivity index is 2.23. The van der Waals surface area contributed by atoms with Gasteiger partial charge in [-0.2, -0.15) is 0 Å². The Morgan fingerprint density at radius 3 is 1.30 bits per heavy atom. The van der Waals surface area contributed by atoms with Crippen molar-refractivity contribution >= 4 is 11.9 Å². The third kappa shape index (κ3) is 35.1. The van der Waals surface area contributed by atoms with Crippen LogP contribution in [0.4, 0.5) is 0 Å². The monoisotopic (exact) mass is 895 g/mol. The van der Waals surface area contributed by atoms with Gasteiger partial charge in [-0.15, -0.1) is 5.73 Å². The van der Waals surface area contributed by atoms with Crippen LogP contribution in [-0.2, 0) is 28.5 Å². The number of rotatable bonds is 45. The zero-order valence-corrected chi connectivity index (χ0v) is 40.6. The molecule has 1 rings (SSSR count). The molecule has 0 aliphatic carbocycles. The van der Waals surface area contributed by atoms with E-state index in [2.05, 4.69) is 31.7 Å². The average molecular weight is 895 g/mol. The van der Waals surface area contributed by atoms with Gasteiger partial charge in [0.05, 0.1) is 13.2 Å². The van der Waals surface area contributed by atoms with E-state index in [0.29, 0.717) is 12.8 Å². The summed E-state index contributed by atoms with van der Waals surface area (Å²) in [5.41, 5.74) is 3.30. The van der Waals surface area contributed by atoms with E-state index < -0.39 is 49.4 Å². The van der Waals surface area contributed by atoms with Gasteiger partial charge in [-0.3, -0.25) is 9.59 Å². The number of aliphatic hydroxyl groups excluding tert-OH is 4. The maximum absolute atomic E-state index is 12.8. The summed E-state index contributed by atoms with van der Waals surface area (Å²) >= 11 is 0. The highest BCUT2D eigenvalue weighted by molar-refractivity contribution is 5.70. The number of unbranched alkanes of at least 4 members (excludes halogenated alkanes) is 32. The molecule has 0 spiro atoms. The Morgan fingerprint density at radius 2 is 0.889 bits per heavy atom. The molecule has 0 saturated carbocycles. The third-order valence-corrected chi connectivity index (χ3v) is 12.4. The van der Waals surface area contributed by atoms with Gasteiger partial charge in [0, 0.05) is 12.8 Å². The summed E-state index contributed by atoms with van der Waals surface area (Å²) in [4.78, 5) is 25.4. The quantitative estimate of drug-likeness (QED) is 0.0264. The van der Waals surface area contributed by atoms with Crippen molar-refractivity contribution in [1.29, 1.82) is 0 Å². The van der Waals surface area contributed by atoms with Crippen LogP contribution in [0.3, 0.4) is 0 Å². The second kappa shape index (κ2) is 44.1. The first-order valence-corrected chi connectivity index (χ1v) is 26.5. The molecule has 370 valence electrons. The van der Waals surface area contributed by atoms with Crippen molar-refractivity contribution in [2.24, 2.45) is 0 Å². The zero-order valence-electron chi connectivity index (χ0n) is 40.6. The van der Waals surface area contributed by atoms with Crippen LogP contribution in [-0.4, -0.2) is 89.0 Å². The molecule has 2 unspecified atom stereocenters. The fourth-order valence-corrected chi connectivity index (χ4v) is 8.23. The molecular weight excluding hydrogens is 797 g/mol. The van der Waals surface area contributed by atoms with E-state index in [-0.39, 0.29) is 32.0 Å². The minimum absolute atomic E-state index is 0.222. The highest BCUT2D eigenvalue weighted by atomic mass is 16.7. The van der Waals surface area contributed by atoms with Crippen LogP contribution in [0, 0.1) is 0 Å². The second-order valence-electron chi connectivity index (χ2n) is 18.4. The molecule has 0 aromatic carbocycles. The van der Waals surface area contributed by atoms with Gasteiger partial charge in [-0.05, 0) is 50.7 Å². The molecule has 10 heteroatoms. The van der Waals surface area contributed by atoms with Crippen LogP contribution < -0.4 is 0 Å². The van der Waals surface area contributed by atoms with Gasteiger partial charge in [0.25, 0.3) is 0 Å². The molecule has 1 heterocycles. The van der Waals surface area contributed by atoms with E-state index >= 15 is 0 Å². The highest BCUT2D eigenvalue weighted by Crippen LogP contribution is 2.23. The number of esters is 2. The predicted molar refractivity (Wildman–Crippen MR) is 255 cm³/mol. The van der Waals surface area contributed by atoms with Gasteiger partial charge in [0.2, 0.25) is 0 Å². The molecule has 1 saturated heterocycles. The van der Waals surface area contributed by atoms with Crippen molar-refractivity contribution in [2.45, 2.75) is 288 Å². The van der Waals surface area contributed by atoms with Gasteiger partial charge in [-0.25, -0.2) is 0 Å². The SMILES string of the molecule is CCCCCCCC=C=CCCCCCCCC(=O)OC[C@H](CO[C@@H]1O[C@H](CO)[C@H](O)C(O)C1O)OC(=O)CCCCCCCCCCCCCCCCCCCCCCCCC. The smallest absolute Gasteiger partial charge is 0.306 e. The van der Waals surface area contributed by atoms with Crippen LogP contribution in [0.1, 0.15) is 251 Å². The predicted octanol–water partition coefficient (Wildman–Crippen LogP) is 12.4. The molecule has 0 bridgehead atoms. The normalized spacial score (nSPS) is 19.1. The number of hydrogen-bond acceptors (Lipinski definition) is 10. The third-order valence-electron chi connectivity index (χ3n) is 12.4. The molecule has 0 aromatic rings. The lowest BCUT2D eigenvalue weighted by atomic mass is 9.99. The molecule has 6 atom stereocenters. The fourth-order valence-electron chi connectivity index (χ4n) is 8.23. The van der Waals surface area contributed by atoms with Crippen LogP contribution in [0.15, 0.2) is 17.9 Å². The van der Waals surface area contributed by atoms with E-state index in [1.807, 2.05) is 0 Å². The first-order valence-electron chi connectivity index (χ1n) is 26.5. The maximum Gasteiger partial charge on any atom is 0.306 e. The Kier molecular flexibility index (Phi) is 41.4. The van der Waals surface area contributed by atoms with E-state index in [4.69, 9.17) is 18.9 Å². The Hall–Kier alpha value is -1.78. The lowest BCUT2D eigenvalue weighted by molar-refractivity contribution is -0.305. The molecule has 4 N–H and O–H groups in total. The topological polar surface area (TPSA) is 152 Å². The fraction of sp³-hybridized carbons (Fsp3) is 0.906. The summed E-state index contributed by atoms with van der Waals surface area (Å²) in [5, 5.41) is 40.2. The van der Waals surface area contributed by atoms with E-state index in [0.717, 1.165) is 57.8 Å². The van der Waals surface area contributed by atoms with Gasteiger partial charge >= 0.3 is 11.9 Å². The number of ether oxygens (including phenoxy) is 4. The molecule has 0 radical (unpaired) electrons. The minimum atomic E-state index is -1.60. The Labute approximate surface area is 385 Å². The molecule has 63 heavy (non-hydrogen) atoms. The van der Waals surface area contributed by atoms with Gasteiger partial charge in [0.15, 0.2) is 12.4 Å². The van der Waals surface area contributed by atoms with Crippen LogP contribution in [0.25, 0.3) is 0 Å². The number of allylic oxidation sites excluding steroid dienone is 1. The van der Waals surface area contributed by atoms with Crippen molar-refractivity contribution in [1.82, 2.24) is 0 Å². The number of hydrogen-bond donors (Lipinski definition) is 4. The summed E-state index contributed by atoms with van der Waals surface area (Å²) in [5.74, 6) is -0.814. The number of carbonyl (C=O) groups is 2. The van der Waals surface area contributed by atoms with E-state index in [1.54, 1.807) is 0 Å². The minimum Gasteiger partial charge on any atom is -0.462 e. The number of carbonyl (C=O) groups excluding carboxylic acids is 2. The maximum atomic E-state index is 12.8. The van der Waals surface area contributed by atoms with Gasteiger partial charge in [0.1, 0.15) is 31.0 Å².